The molecule has 8 heteroatoms. The first-order valence-electron chi connectivity index (χ1n) is 6.52. The van der Waals surface area contributed by atoms with Crippen LogP contribution in [0, 0.1) is 17.0 Å². The van der Waals surface area contributed by atoms with Gasteiger partial charge in [0.25, 0.3) is 5.69 Å². The lowest BCUT2D eigenvalue weighted by atomic mass is 10.2. The molecule has 21 heavy (non-hydrogen) atoms. The largest absolute Gasteiger partial charge is 0.383 e. The van der Waals surface area contributed by atoms with Crippen molar-refractivity contribution in [2.75, 3.05) is 20.3 Å². The molecular weight excluding hydrogens is 296 g/mol. The van der Waals surface area contributed by atoms with Gasteiger partial charge in [-0.15, -0.1) is 0 Å². The fourth-order valence-corrected chi connectivity index (χ4v) is 4.27. The lowest BCUT2D eigenvalue weighted by Crippen LogP contribution is -2.41. The molecular formula is C13H20N2O5S. The minimum absolute atomic E-state index is 0.207. The molecule has 1 aromatic carbocycles. The first-order valence-corrected chi connectivity index (χ1v) is 7.96. The van der Waals surface area contributed by atoms with Crippen LogP contribution in [0.25, 0.3) is 0 Å². The highest BCUT2D eigenvalue weighted by Crippen LogP contribution is 2.30. The molecule has 0 aliphatic carbocycles. The highest BCUT2D eigenvalue weighted by molar-refractivity contribution is 7.89. The van der Waals surface area contributed by atoms with Crippen molar-refractivity contribution in [2.24, 2.45) is 0 Å². The van der Waals surface area contributed by atoms with Crippen molar-refractivity contribution < 1.29 is 18.1 Å². The van der Waals surface area contributed by atoms with E-state index in [2.05, 4.69) is 0 Å². The Morgan fingerprint density at radius 1 is 1.43 bits per heavy atom. The number of sulfonamides is 1. The summed E-state index contributed by atoms with van der Waals surface area (Å²) in [6, 6.07) is 3.81. The van der Waals surface area contributed by atoms with Crippen molar-refractivity contribution in [1.29, 1.82) is 0 Å². The van der Waals surface area contributed by atoms with Crippen molar-refractivity contribution in [3.63, 3.8) is 0 Å². The van der Waals surface area contributed by atoms with E-state index in [1.54, 1.807) is 26.8 Å². The first kappa shape index (κ1) is 17.5. The van der Waals surface area contributed by atoms with Crippen molar-refractivity contribution in [1.82, 2.24) is 4.31 Å². The number of nitro benzene ring substituents is 1. The zero-order chi connectivity index (χ0) is 16.2. The molecule has 0 N–H and O–H groups in total. The Morgan fingerprint density at radius 2 is 2.05 bits per heavy atom. The number of nitro groups is 1. The first-order chi connectivity index (χ1) is 9.77. The third-order valence-corrected chi connectivity index (χ3v) is 5.45. The summed E-state index contributed by atoms with van der Waals surface area (Å²) in [5.41, 5.74) is -0.0506. The Bertz CT molecular complexity index is 615. The second-order valence-corrected chi connectivity index (χ2v) is 6.52. The number of hydrogen-bond donors (Lipinski definition) is 0. The van der Waals surface area contributed by atoms with E-state index in [0.29, 0.717) is 5.56 Å². The lowest BCUT2D eigenvalue weighted by molar-refractivity contribution is -0.387. The molecule has 1 atom stereocenters. The van der Waals surface area contributed by atoms with Gasteiger partial charge in [-0.1, -0.05) is 19.1 Å². The second-order valence-electron chi connectivity index (χ2n) is 4.69. The smallest absolute Gasteiger partial charge is 0.289 e. The van der Waals surface area contributed by atoms with E-state index < -0.39 is 26.7 Å². The molecule has 0 aliphatic heterocycles. The average Bonchev–Trinajstić information content (AvgIpc) is 2.38. The summed E-state index contributed by atoms with van der Waals surface area (Å²) < 4.78 is 31.8. The van der Waals surface area contributed by atoms with E-state index in [1.165, 1.54) is 23.5 Å². The Balaban J connectivity index is 3.46. The summed E-state index contributed by atoms with van der Waals surface area (Å²) in [6.45, 7) is 5.36. The average molecular weight is 316 g/mol. The molecule has 0 aliphatic rings. The summed E-state index contributed by atoms with van der Waals surface area (Å²) in [5.74, 6) is 0. The maximum atomic E-state index is 12.8. The molecule has 0 heterocycles. The van der Waals surface area contributed by atoms with Gasteiger partial charge in [0.2, 0.25) is 10.0 Å². The van der Waals surface area contributed by atoms with Crippen LogP contribution >= 0.6 is 0 Å². The monoisotopic (exact) mass is 316 g/mol. The predicted octanol–water partition coefficient (Wildman–Crippen LogP) is 1.95. The van der Waals surface area contributed by atoms with Crippen molar-refractivity contribution in [2.45, 2.75) is 31.7 Å². The molecule has 0 bridgehead atoms. The van der Waals surface area contributed by atoms with Crippen LogP contribution in [0.2, 0.25) is 0 Å². The summed E-state index contributed by atoms with van der Waals surface area (Å²) in [5, 5.41) is 11.1. The number of ether oxygens (including phenoxy) is 1. The number of methoxy groups -OCH3 is 1. The third-order valence-electron chi connectivity index (χ3n) is 3.17. The van der Waals surface area contributed by atoms with Crippen LogP contribution in [-0.4, -0.2) is 43.9 Å². The number of nitrogens with zero attached hydrogens (tertiary/aromatic N) is 2. The maximum absolute atomic E-state index is 12.8. The molecule has 7 nitrogen and oxygen atoms in total. The SMILES string of the molecule is CCN(C(C)COC)S(=O)(=O)c1c(C)cccc1[N+](=O)[O-]. The Labute approximate surface area is 124 Å². The Hall–Kier alpha value is -1.51. The molecule has 0 saturated heterocycles. The number of aryl methyl sites for hydroxylation is 1. The zero-order valence-corrected chi connectivity index (χ0v) is 13.4. The molecule has 0 radical (unpaired) electrons. The second kappa shape index (κ2) is 6.97. The van der Waals surface area contributed by atoms with Crippen LogP contribution in [0.15, 0.2) is 23.1 Å². The van der Waals surface area contributed by atoms with E-state index >= 15 is 0 Å². The third kappa shape index (κ3) is 3.58. The van der Waals surface area contributed by atoms with Crippen LogP contribution in [0.1, 0.15) is 19.4 Å². The molecule has 0 aromatic heterocycles. The molecule has 0 fully saturated rings. The summed E-state index contributed by atoms with van der Waals surface area (Å²) in [6.07, 6.45) is 0. The van der Waals surface area contributed by atoms with Gasteiger partial charge in [-0.3, -0.25) is 10.1 Å². The molecule has 1 rings (SSSR count). The van der Waals surface area contributed by atoms with E-state index in [0.717, 1.165) is 0 Å². The molecule has 1 unspecified atom stereocenters. The van der Waals surface area contributed by atoms with Gasteiger partial charge in [-0.25, -0.2) is 8.42 Å². The van der Waals surface area contributed by atoms with Crippen molar-refractivity contribution in [3.8, 4) is 0 Å². The lowest BCUT2D eigenvalue weighted by Gasteiger charge is -2.27. The number of benzene rings is 1. The normalized spacial score (nSPS) is 13.4. The van der Waals surface area contributed by atoms with E-state index in [9.17, 15) is 18.5 Å². The van der Waals surface area contributed by atoms with Crippen molar-refractivity contribution >= 4 is 15.7 Å². The fourth-order valence-electron chi connectivity index (χ4n) is 2.28. The van der Waals surface area contributed by atoms with Gasteiger partial charge in [-0.05, 0) is 19.4 Å². The summed E-state index contributed by atoms with van der Waals surface area (Å²) in [4.78, 5) is 10.2. The number of likely N-dealkylation sites (N-methyl/N-ethyl adjacent to an activating group) is 1. The predicted molar refractivity (Wildman–Crippen MR) is 78.7 cm³/mol. The van der Waals surface area contributed by atoms with Crippen LogP contribution in [0.4, 0.5) is 5.69 Å². The number of hydrogen-bond acceptors (Lipinski definition) is 5. The van der Waals surface area contributed by atoms with Gasteiger partial charge in [-0.2, -0.15) is 4.31 Å². The maximum Gasteiger partial charge on any atom is 0.289 e. The van der Waals surface area contributed by atoms with Gasteiger partial charge >= 0.3 is 0 Å². The molecule has 118 valence electrons. The standard InChI is InChI=1S/C13H20N2O5S/c1-5-14(11(3)9-20-4)21(18,19)13-10(2)7-6-8-12(13)15(16)17/h6-8,11H,5,9H2,1-4H3. The van der Waals surface area contributed by atoms with Crippen LogP contribution in [-0.2, 0) is 14.8 Å². The Kier molecular flexibility index (Phi) is 5.82. The highest BCUT2D eigenvalue weighted by atomic mass is 32.2. The quantitative estimate of drug-likeness (QED) is 0.566. The van der Waals surface area contributed by atoms with Crippen LogP contribution in [0.3, 0.4) is 0 Å². The topological polar surface area (TPSA) is 89.8 Å². The zero-order valence-electron chi connectivity index (χ0n) is 12.6. The molecule has 1 aromatic rings. The van der Waals surface area contributed by atoms with E-state index in [1.807, 2.05) is 0 Å². The Morgan fingerprint density at radius 3 is 2.52 bits per heavy atom. The summed E-state index contributed by atoms with van der Waals surface area (Å²) in [7, 11) is -2.49. The molecule has 0 saturated carbocycles. The van der Waals surface area contributed by atoms with Gasteiger partial charge < -0.3 is 4.74 Å². The number of rotatable bonds is 7. The van der Waals surface area contributed by atoms with E-state index in [4.69, 9.17) is 4.74 Å². The highest BCUT2D eigenvalue weighted by Gasteiger charge is 2.34. The minimum atomic E-state index is -3.97. The summed E-state index contributed by atoms with van der Waals surface area (Å²) >= 11 is 0. The van der Waals surface area contributed by atoms with Gasteiger partial charge in [0.15, 0.2) is 4.90 Å². The fraction of sp³-hybridized carbons (Fsp3) is 0.538. The molecule has 0 spiro atoms. The van der Waals surface area contributed by atoms with Crippen LogP contribution < -0.4 is 0 Å². The van der Waals surface area contributed by atoms with Gasteiger partial charge in [0, 0.05) is 25.8 Å². The van der Waals surface area contributed by atoms with Crippen molar-refractivity contribution in [3.05, 3.63) is 33.9 Å². The minimum Gasteiger partial charge on any atom is -0.383 e. The van der Waals surface area contributed by atoms with Gasteiger partial charge in [0.05, 0.1) is 11.5 Å². The van der Waals surface area contributed by atoms with Gasteiger partial charge in [0.1, 0.15) is 0 Å². The van der Waals surface area contributed by atoms with Crippen LogP contribution in [0.5, 0.6) is 0 Å². The molecule has 0 amide bonds. The van der Waals surface area contributed by atoms with E-state index in [-0.39, 0.29) is 18.0 Å².